The van der Waals surface area contributed by atoms with Crippen molar-refractivity contribution in [2.24, 2.45) is 0 Å². The van der Waals surface area contributed by atoms with Crippen LogP contribution >= 0.6 is 0 Å². The van der Waals surface area contributed by atoms with Crippen molar-refractivity contribution in [3.05, 3.63) is 23.8 Å². The van der Waals surface area contributed by atoms with Crippen LogP contribution in [0, 0.1) is 0 Å². The number of nitrogen functional groups attached to an aromatic ring is 1. The van der Waals surface area contributed by atoms with Gasteiger partial charge in [-0.25, -0.2) is 4.79 Å². The molecule has 0 aliphatic rings. The van der Waals surface area contributed by atoms with E-state index in [-0.39, 0.29) is 17.9 Å². The van der Waals surface area contributed by atoms with E-state index in [0.29, 0.717) is 12.0 Å². The number of hydrogen-bond donors (Lipinski definition) is 3. The Balaban J connectivity index is 2.99. The van der Waals surface area contributed by atoms with Gasteiger partial charge in [0, 0.05) is 6.42 Å². The van der Waals surface area contributed by atoms with Gasteiger partial charge in [0.05, 0.1) is 12.8 Å². The van der Waals surface area contributed by atoms with Crippen molar-refractivity contribution in [2.75, 3.05) is 12.8 Å². The molecule has 98 valence electrons. The van der Waals surface area contributed by atoms with Gasteiger partial charge in [-0.05, 0) is 24.6 Å². The third kappa shape index (κ3) is 2.91. The number of nitrogens with two attached hydrogens (primary N) is 1. The Labute approximate surface area is 105 Å². The lowest BCUT2D eigenvalue weighted by atomic mass is 9.92. The highest BCUT2D eigenvalue weighted by Crippen LogP contribution is 2.23. The minimum absolute atomic E-state index is 0.0260. The van der Waals surface area contributed by atoms with Gasteiger partial charge >= 0.3 is 5.97 Å². The summed E-state index contributed by atoms with van der Waals surface area (Å²) in [5.41, 5.74) is 5.31. The molecule has 1 amide bonds. The highest BCUT2D eigenvalue weighted by atomic mass is 16.5. The first-order chi connectivity index (χ1) is 8.42. The lowest BCUT2D eigenvalue weighted by molar-refractivity contribution is -0.148. The van der Waals surface area contributed by atoms with E-state index in [9.17, 15) is 14.7 Å². The maximum atomic E-state index is 11.7. The molecular formula is C12H16N2O4. The van der Waals surface area contributed by atoms with Gasteiger partial charge in [-0.3, -0.25) is 4.79 Å². The highest BCUT2D eigenvalue weighted by Gasteiger charge is 2.34. The van der Waals surface area contributed by atoms with Crippen molar-refractivity contribution in [1.82, 2.24) is 5.32 Å². The number of nitrogens with one attached hydrogen (secondary N) is 1. The van der Waals surface area contributed by atoms with Crippen molar-refractivity contribution in [3.8, 4) is 5.75 Å². The van der Waals surface area contributed by atoms with Crippen LogP contribution in [0.2, 0.25) is 0 Å². The standard InChI is InChI=1S/C12H16N2O4/c1-12(14-7-15,11(17)18-2)6-8-3-4-10(16)9(13)5-8/h3-5,7,16H,6,13H2,1-2H3,(H,14,15)/t12-/m0/s1. The van der Waals surface area contributed by atoms with Gasteiger partial charge in [0.1, 0.15) is 11.3 Å². The zero-order valence-corrected chi connectivity index (χ0v) is 10.3. The fraction of sp³-hybridized carbons (Fsp3) is 0.333. The van der Waals surface area contributed by atoms with Crippen LogP contribution < -0.4 is 11.1 Å². The number of ether oxygens (including phenoxy) is 1. The van der Waals surface area contributed by atoms with E-state index in [4.69, 9.17) is 5.73 Å². The van der Waals surface area contributed by atoms with Gasteiger partial charge in [0.15, 0.2) is 0 Å². The molecule has 0 fully saturated rings. The van der Waals surface area contributed by atoms with E-state index in [1.54, 1.807) is 19.1 Å². The second-order valence-corrected chi connectivity index (χ2v) is 4.16. The van der Waals surface area contributed by atoms with Gasteiger partial charge in [-0.2, -0.15) is 0 Å². The van der Waals surface area contributed by atoms with Gasteiger partial charge < -0.3 is 20.9 Å². The number of hydrogen-bond acceptors (Lipinski definition) is 5. The summed E-state index contributed by atoms with van der Waals surface area (Å²) in [5.74, 6) is -0.580. The zero-order chi connectivity index (χ0) is 13.8. The Bertz CT molecular complexity index is 461. The molecule has 0 saturated heterocycles. The van der Waals surface area contributed by atoms with E-state index >= 15 is 0 Å². The molecule has 4 N–H and O–H groups in total. The Morgan fingerprint density at radius 3 is 2.78 bits per heavy atom. The van der Waals surface area contributed by atoms with Crippen LogP contribution in [0.3, 0.4) is 0 Å². The molecule has 0 aromatic heterocycles. The number of phenols is 1. The smallest absolute Gasteiger partial charge is 0.331 e. The summed E-state index contributed by atoms with van der Waals surface area (Å²) in [4.78, 5) is 22.2. The number of anilines is 1. The molecule has 0 spiro atoms. The summed E-state index contributed by atoms with van der Waals surface area (Å²) in [6.07, 6.45) is 0.656. The number of amides is 1. The predicted octanol–water partition coefficient (Wildman–Crippen LogP) is 0.195. The van der Waals surface area contributed by atoms with Gasteiger partial charge in [-0.1, -0.05) is 6.07 Å². The quantitative estimate of drug-likeness (QED) is 0.300. The molecule has 1 rings (SSSR count). The van der Waals surface area contributed by atoms with Crippen LogP contribution in [-0.4, -0.2) is 30.1 Å². The number of esters is 1. The first kappa shape index (κ1) is 13.8. The summed E-state index contributed by atoms with van der Waals surface area (Å²) < 4.78 is 4.65. The summed E-state index contributed by atoms with van der Waals surface area (Å²) in [7, 11) is 1.25. The van der Waals surface area contributed by atoms with E-state index in [1.165, 1.54) is 13.2 Å². The van der Waals surface area contributed by atoms with Crippen molar-refractivity contribution in [3.63, 3.8) is 0 Å². The summed E-state index contributed by atoms with van der Waals surface area (Å²) >= 11 is 0. The molecular weight excluding hydrogens is 236 g/mol. The first-order valence-electron chi connectivity index (χ1n) is 5.30. The number of benzene rings is 1. The van der Waals surface area contributed by atoms with Crippen LogP contribution in [0.15, 0.2) is 18.2 Å². The second-order valence-electron chi connectivity index (χ2n) is 4.16. The third-order valence-electron chi connectivity index (χ3n) is 2.66. The van der Waals surface area contributed by atoms with E-state index in [2.05, 4.69) is 10.1 Å². The number of carbonyl (C=O) groups is 2. The van der Waals surface area contributed by atoms with Crippen molar-refractivity contribution >= 4 is 18.1 Å². The molecule has 0 heterocycles. The topological polar surface area (TPSA) is 102 Å². The molecule has 0 aliphatic carbocycles. The minimum Gasteiger partial charge on any atom is -0.506 e. The number of methoxy groups -OCH3 is 1. The van der Waals surface area contributed by atoms with E-state index < -0.39 is 11.5 Å². The van der Waals surface area contributed by atoms with Gasteiger partial charge in [-0.15, -0.1) is 0 Å². The van der Waals surface area contributed by atoms with Crippen LogP contribution in [0.5, 0.6) is 5.75 Å². The van der Waals surface area contributed by atoms with Crippen molar-refractivity contribution in [2.45, 2.75) is 18.9 Å². The average Bonchev–Trinajstić information content (AvgIpc) is 2.33. The second kappa shape index (κ2) is 5.39. The Morgan fingerprint density at radius 1 is 1.61 bits per heavy atom. The van der Waals surface area contributed by atoms with Crippen LogP contribution in [0.25, 0.3) is 0 Å². The molecule has 0 saturated carbocycles. The van der Waals surface area contributed by atoms with Crippen molar-refractivity contribution in [1.29, 1.82) is 0 Å². The Kier molecular flexibility index (Phi) is 4.14. The van der Waals surface area contributed by atoms with Crippen LogP contribution in [0.1, 0.15) is 12.5 Å². The maximum absolute atomic E-state index is 11.7. The SMILES string of the molecule is COC(=O)[C@](C)(Cc1ccc(O)c(N)c1)NC=O. The first-order valence-corrected chi connectivity index (χ1v) is 5.30. The maximum Gasteiger partial charge on any atom is 0.331 e. The molecule has 0 radical (unpaired) electrons. The number of carbonyl (C=O) groups excluding carboxylic acids is 2. The molecule has 1 aromatic carbocycles. The highest BCUT2D eigenvalue weighted by molar-refractivity contribution is 5.83. The minimum atomic E-state index is -1.17. The monoisotopic (exact) mass is 252 g/mol. The van der Waals surface area contributed by atoms with E-state index in [0.717, 1.165) is 0 Å². The number of phenolic OH excluding ortho intramolecular Hbond substituents is 1. The summed E-state index contributed by atoms with van der Waals surface area (Å²) in [6.45, 7) is 1.55. The molecule has 1 atom stereocenters. The molecule has 1 aromatic rings. The number of rotatable bonds is 5. The molecule has 0 bridgehead atoms. The van der Waals surface area contributed by atoms with Gasteiger partial charge in [0.2, 0.25) is 6.41 Å². The predicted molar refractivity (Wildman–Crippen MR) is 65.8 cm³/mol. The fourth-order valence-corrected chi connectivity index (χ4v) is 1.66. The van der Waals surface area contributed by atoms with Crippen LogP contribution in [0.4, 0.5) is 5.69 Å². The average molecular weight is 252 g/mol. The number of aromatic hydroxyl groups is 1. The van der Waals surface area contributed by atoms with Crippen LogP contribution in [-0.2, 0) is 20.7 Å². The normalized spacial score (nSPS) is 13.4. The molecule has 6 nitrogen and oxygen atoms in total. The zero-order valence-electron chi connectivity index (χ0n) is 10.3. The molecule has 0 aliphatic heterocycles. The molecule has 6 heteroatoms. The lowest BCUT2D eigenvalue weighted by Gasteiger charge is -2.26. The summed E-state index contributed by atoms with van der Waals surface area (Å²) in [5, 5.41) is 11.7. The largest absolute Gasteiger partial charge is 0.506 e. The lowest BCUT2D eigenvalue weighted by Crippen LogP contribution is -2.51. The molecule has 0 unspecified atom stereocenters. The fourth-order valence-electron chi connectivity index (χ4n) is 1.66. The van der Waals surface area contributed by atoms with Gasteiger partial charge in [0.25, 0.3) is 0 Å². The van der Waals surface area contributed by atoms with Crippen molar-refractivity contribution < 1.29 is 19.4 Å². The third-order valence-corrected chi connectivity index (χ3v) is 2.66. The Hall–Kier alpha value is -2.24. The summed E-state index contributed by atoms with van der Waals surface area (Å²) in [6, 6.07) is 4.60. The molecule has 18 heavy (non-hydrogen) atoms. The van der Waals surface area contributed by atoms with E-state index in [1.807, 2.05) is 0 Å². The Morgan fingerprint density at radius 2 is 2.28 bits per heavy atom.